The van der Waals surface area contributed by atoms with Crippen LogP contribution < -0.4 is 11.1 Å². The number of anilines is 1. The Hall–Kier alpha value is -1.16. The molecule has 0 bridgehead atoms. The Balaban J connectivity index is 2.23. The number of carbonyl (C=O) groups is 1. The number of benzene rings is 1. The highest BCUT2D eigenvalue weighted by Gasteiger charge is 2.01. The van der Waals surface area contributed by atoms with Crippen LogP contribution in [-0.4, -0.2) is 24.5 Å². The number of nitrogens with two attached hydrogens (primary N) is 1. The molecular formula is C12H18N2OS. The van der Waals surface area contributed by atoms with Gasteiger partial charge >= 0.3 is 0 Å². The fourth-order valence-electron chi connectivity index (χ4n) is 1.32. The van der Waals surface area contributed by atoms with Crippen molar-refractivity contribution in [1.29, 1.82) is 0 Å². The zero-order valence-electron chi connectivity index (χ0n) is 9.53. The van der Waals surface area contributed by atoms with Crippen LogP contribution in [0, 0.1) is 0 Å². The van der Waals surface area contributed by atoms with Gasteiger partial charge in [-0.3, -0.25) is 4.79 Å². The number of amides is 1. The summed E-state index contributed by atoms with van der Waals surface area (Å²) in [6, 6.07) is 7.65. The molecule has 16 heavy (non-hydrogen) atoms. The number of hydrogen-bond donors (Lipinski definition) is 2. The second-order valence-electron chi connectivity index (χ2n) is 3.58. The maximum Gasteiger partial charge on any atom is 0.220 e. The van der Waals surface area contributed by atoms with E-state index in [1.54, 1.807) is 11.8 Å². The van der Waals surface area contributed by atoms with Gasteiger partial charge in [0.1, 0.15) is 0 Å². The largest absolute Gasteiger partial charge is 0.399 e. The van der Waals surface area contributed by atoms with Gasteiger partial charge < -0.3 is 11.1 Å². The Bertz CT molecular complexity index is 324. The highest BCUT2D eigenvalue weighted by atomic mass is 32.2. The van der Waals surface area contributed by atoms with E-state index in [0.29, 0.717) is 6.42 Å². The SMILES string of the molecule is CSCCNC(=O)CCc1ccc(N)cc1. The molecule has 0 unspecified atom stereocenters. The van der Waals surface area contributed by atoms with Gasteiger partial charge in [-0.15, -0.1) is 0 Å². The minimum absolute atomic E-state index is 0.117. The molecule has 1 rings (SSSR count). The molecule has 0 heterocycles. The fraction of sp³-hybridized carbons (Fsp3) is 0.417. The van der Waals surface area contributed by atoms with Crippen LogP contribution >= 0.6 is 11.8 Å². The van der Waals surface area contributed by atoms with Crippen molar-refractivity contribution < 1.29 is 4.79 Å². The van der Waals surface area contributed by atoms with Crippen LogP contribution in [0.15, 0.2) is 24.3 Å². The van der Waals surface area contributed by atoms with Gasteiger partial charge in [-0.05, 0) is 30.4 Å². The van der Waals surface area contributed by atoms with E-state index >= 15 is 0 Å². The number of carbonyl (C=O) groups excluding carboxylic acids is 1. The van der Waals surface area contributed by atoms with Crippen LogP contribution in [-0.2, 0) is 11.2 Å². The van der Waals surface area contributed by atoms with Crippen LogP contribution in [0.2, 0.25) is 0 Å². The third kappa shape index (κ3) is 5.07. The van der Waals surface area contributed by atoms with E-state index in [-0.39, 0.29) is 5.91 Å². The summed E-state index contributed by atoms with van der Waals surface area (Å²) in [5, 5.41) is 2.88. The van der Waals surface area contributed by atoms with Gasteiger partial charge in [0.15, 0.2) is 0 Å². The molecule has 1 amide bonds. The Morgan fingerprint density at radius 3 is 2.69 bits per heavy atom. The summed E-state index contributed by atoms with van der Waals surface area (Å²) < 4.78 is 0. The zero-order valence-corrected chi connectivity index (χ0v) is 10.3. The molecular weight excluding hydrogens is 220 g/mol. The number of thioether (sulfide) groups is 1. The van der Waals surface area contributed by atoms with Gasteiger partial charge in [0.05, 0.1) is 0 Å². The Morgan fingerprint density at radius 2 is 2.06 bits per heavy atom. The molecule has 0 aliphatic heterocycles. The van der Waals surface area contributed by atoms with Crippen molar-refractivity contribution in [3.8, 4) is 0 Å². The molecule has 0 saturated heterocycles. The maximum absolute atomic E-state index is 11.4. The Morgan fingerprint density at radius 1 is 1.38 bits per heavy atom. The predicted molar refractivity (Wildman–Crippen MR) is 70.6 cm³/mol. The molecule has 4 heteroatoms. The summed E-state index contributed by atoms with van der Waals surface area (Å²) in [6.07, 6.45) is 3.34. The molecule has 3 N–H and O–H groups in total. The van der Waals surface area contributed by atoms with Crippen molar-refractivity contribution in [2.75, 3.05) is 24.3 Å². The van der Waals surface area contributed by atoms with Crippen molar-refractivity contribution in [2.24, 2.45) is 0 Å². The number of aryl methyl sites for hydroxylation is 1. The molecule has 3 nitrogen and oxygen atoms in total. The number of nitrogens with one attached hydrogen (secondary N) is 1. The van der Waals surface area contributed by atoms with E-state index in [4.69, 9.17) is 5.73 Å². The van der Waals surface area contributed by atoms with Crippen molar-refractivity contribution in [2.45, 2.75) is 12.8 Å². The van der Waals surface area contributed by atoms with Gasteiger partial charge in [-0.2, -0.15) is 11.8 Å². The monoisotopic (exact) mass is 238 g/mol. The standard InChI is InChI=1S/C12H18N2OS/c1-16-9-8-14-12(15)7-4-10-2-5-11(13)6-3-10/h2-3,5-6H,4,7-9,13H2,1H3,(H,14,15). The summed E-state index contributed by atoms with van der Waals surface area (Å²) in [6.45, 7) is 0.752. The molecule has 0 saturated carbocycles. The second-order valence-corrected chi connectivity index (χ2v) is 4.57. The van der Waals surface area contributed by atoms with Gasteiger partial charge in [0.25, 0.3) is 0 Å². The first kappa shape index (κ1) is 12.9. The number of nitrogen functional groups attached to an aromatic ring is 1. The molecule has 0 aromatic heterocycles. The van der Waals surface area contributed by atoms with Crippen LogP contribution in [0.5, 0.6) is 0 Å². The average molecular weight is 238 g/mol. The van der Waals surface area contributed by atoms with Crippen molar-refractivity contribution in [3.05, 3.63) is 29.8 Å². The quantitative estimate of drug-likeness (QED) is 0.585. The third-order valence-corrected chi connectivity index (χ3v) is 2.86. The van der Waals surface area contributed by atoms with Crippen molar-refractivity contribution in [1.82, 2.24) is 5.32 Å². The topological polar surface area (TPSA) is 55.1 Å². The molecule has 0 atom stereocenters. The zero-order chi connectivity index (χ0) is 11.8. The van der Waals surface area contributed by atoms with E-state index in [1.807, 2.05) is 30.5 Å². The van der Waals surface area contributed by atoms with E-state index in [1.165, 1.54) is 0 Å². The fourth-order valence-corrected chi connectivity index (χ4v) is 1.63. The molecule has 1 aromatic carbocycles. The van der Waals surface area contributed by atoms with E-state index in [2.05, 4.69) is 5.32 Å². The van der Waals surface area contributed by atoms with E-state index in [0.717, 1.165) is 30.0 Å². The second kappa shape index (κ2) is 7.17. The van der Waals surface area contributed by atoms with Crippen LogP contribution in [0.25, 0.3) is 0 Å². The van der Waals surface area contributed by atoms with Crippen LogP contribution in [0.3, 0.4) is 0 Å². The van der Waals surface area contributed by atoms with Crippen LogP contribution in [0.4, 0.5) is 5.69 Å². The van der Waals surface area contributed by atoms with Gasteiger partial charge in [0.2, 0.25) is 5.91 Å². The number of rotatable bonds is 6. The maximum atomic E-state index is 11.4. The van der Waals surface area contributed by atoms with Gasteiger partial charge in [-0.1, -0.05) is 12.1 Å². The minimum atomic E-state index is 0.117. The minimum Gasteiger partial charge on any atom is -0.399 e. The van der Waals surface area contributed by atoms with Crippen molar-refractivity contribution in [3.63, 3.8) is 0 Å². The van der Waals surface area contributed by atoms with Gasteiger partial charge in [0, 0.05) is 24.4 Å². The highest BCUT2D eigenvalue weighted by molar-refractivity contribution is 7.98. The summed E-state index contributed by atoms with van der Waals surface area (Å²) in [5.41, 5.74) is 7.49. The van der Waals surface area contributed by atoms with E-state index < -0.39 is 0 Å². The third-order valence-electron chi connectivity index (χ3n) is 2.25. The molecule has 0 aliphatic rings. The smallest absolute Gasteiger partial charge is 0.220 e. The Kier molecular flexibility index (Phi) is 5.78. The first-order chi connectivity index (χ1) is 7.72. The summed E-state index contributed by atoms with van der Waals surface area (Å²) in [5.74, 6) is 1.08. The molecule has 88 valence electrons. The first-order valence-corrected chi connectivity index (χ1v) is 6.72. The summed E-state index contributed by atoms with van der Waals surface area (Å²) in [4.78, 5) is 11.4. The summed E-state index contributed by atoms with van der Waals surface area (Å²) in [7, 11) is 0. The lowest BCUT2D eigenvalue weighted by atomic mass is 10.1. The van der Waals surface area contributed by atoms with Gasteiger partial charge in [-0.25, -0.2) is 0 Å². The molecule has 1 aromatic rings. The highest BCUT2D eigenvalue weighted by Crippen LogP contribution is 2.07. The molecule has 0 radical (unpaired) electrons. The lowest BCUT2D eigenvalue weighted by Gasteiger charge is -2.04. The van der Waals surface area contributed by atoms with Crippen LogP contribution in [0.1, 0.15) is 12.0 Å². The molecule has 0 fully saturated rings. The number of hydrogen-bond acceptors (Lipinski definition) is 3. The van der Waals surface area contributed by atoms with E-state index in [9.17, 15) is 4.79 Å². The Labute approximate surface area is 101 Å². The average Bonchev–Trinajstić information content (AvgIpc) is 2.29. The normalized spacial score (nSPS) is 10.1. The molecule has 0 spiro atoms. The first-order valence-electron chi connectivity index (χ1n) is 5.32. The lowest BCUT2D eigenvalue weighted by Crippen LogP contribution is -2.25. The lowest BCUT2D eigenvalue weighted by molar-refractivity contribution is -0.120. The molecule has 0 aliphatic carbocycles. The van der Waals surface area contributed by atoms with Crippen molar-refractivity contribution >= 4 is 23.4 Å². The summed E-state index contributed by atoms with van der Waals surface area (Å²) >= 11 is 1.73. The predicted octanol–water partition coefficient (Wildman–Crippen LogP) is 1.68.